The number of carbonyl (C=O) groups excluding carboxylic acids is 3. The minimum Gasteiger partial charge on any atom is -0.384 e. The molecule has 2 aromatic carbocycles. The molecular formula is C33H43F2N5O3S. The number of alkyl halides is 2. The van der Waals surface area contributed by atoms with Crippen LogP contribution in [0.15, 0.2) is 53.9 Å². The van der Waals surface area contributed by atoms with Crippen LogP contribution >= 0.6 is 11.3 Å². The summed E-state index contributed by atoms with van der Waals surface area (Å²) in [6.07, 6.45) is 4.37. The van der Waals surface area contributed by atoms with Crippen LogP contribution in [0.25, 0.3) is 11.1 Å². The number of nitrogens with one attached hydrogen (secondary N) is 3. The van der Waals surface area contributed by atoms with Gasteiger partial charge >= 0.3 is 0 Å². The number of rotatable bonds is 8. The fourth-order valence-electron chi connectivity index (χ4n) is 5.19. The maximum Gasteiger partial charge on any atom is 0.299 e. The molecule has 2 aliphatic rings. The van der Waals surface area contributed by atoms with E-state index in [0.29, 0.717) is 48.1 Å². The van der Waals surface area contributed by atoms with Crippen molar-refractivity contribution in [2.45, 2.75) is 78.4 Å². The molecule has 0 spiro atoms. The summed E-state index contributed by atoms with van der Waals surface area (Å²) in [7, 11) is 0. The third kappa shape index (κ3) is 8.95. The van der Waals surface area contributed by atoms with Gasteiger partial charge in [-0.3, -0.25) is 19.8 Å². The number of thiophene rings is 1. The highest BCUT2D eigenvalue weighted by atomic mass is 32.1. The molecule has 2 atom stereocenters. The van der Waals surface area contributed by atoms with Gasteiger partial charge in [-0.2, -0.15) is 8.78 Å². The summed E-state index contributed by atoms with van der Waals surface area (Å²) >= 11 is 1.48. The van der Waals surface area contributed by atoms with Gasteiger partial charge in [0.1, 0.15) is 5.84 Å². The minimum atomic E-state index is -2.85. The van der Waals surface area contributed by atoms with Gasteiger partial charge in [-0.1, -0.05) is 68.8 Å². The number of carbonyl (C=O) groups is 3. The quantitative estimate of drug-likeness (QED) is 0.140. The van der Waals surface area contributed by atoms with E-state index in [1.165, 1.54) is 23.5 Å². The minimum absolute atomic E-state index is 0.0361. The maximum atomic E-state index is 14.1. The Labute approximate surface area is 262 Å². The summed E-state index contributed by atoms with van der Waals surface area (Å²) in [5.74, 6) is -2.75. The van der Waals surface area contributed by atoms with E-state index in [9.17, 15) is 23.2 Å². The Morgan fingerprint density at radius 2 is 1.73 bits per heavy atom. The maximum absolute atomic E-state index is 14.1. The predicted octanol–water partition coefficient (Wildman–Crippen LogP) is 5.94. The van der Waals surface area contributed by atoms with Crippen LogP contribution < -0.4 is 16.4 Å². The third-order valence-corrected chi connectivity index (χ3v) is 8.21. The zero-order chi connectivity index (χ0) is 32.9. The summed E-state index contributed by atoms with van der Waals surface area (Å²) in [6, 6.07) is 14.3. The van der Waals surface area contributed by atoms with Crippen LogP contribution in [0.1, 0.15) is 74.1 Å². The van der Waals surface area contributed by atoms with E-state index in [-0.39, 0.29) is 29.4 Å². The number of nitrogens with two attached hydrogens (primary N) is 1. The summed E-state index contributed by atoms with van der Waals surface area (Å²) in [5.41, 5.74) is 8.54. The van der Waals surface area contributed by atoms with E-state index in [0.717, 1.165) is 29.7 Å². The largest absolute Gasteiger partial charge is 0.384 e. The fraction of sp³-hybridized carbons (Fsp3) is 0.394. The number of likely N-dealkylation sites (tertiary alicyclic amines) is 1. The van der Waals surface area contributed by atoms with Crippen molar-refractivity contribution in [2.75, 3.05) is 6.54 Å². The van der Waals surface area contributed by atoms with Gasteiger partial charge in [0, 0.05) is 39.0 Å². The van der Waals surface area contributed by atoms with Crippen molar-refractivity contribution in [1.82, 2.24) is 15.5 Å². The molecule has 44 heavy (non-hydrogen) atoms. The normalized spacial score (nSPS) is 16.8. The molecule has 0 bridgehead atoms. The van der Waals surface area contributed by atoms with E-state index < -0.39 is 5.92 Å². The van der Waals surface area contributed by atoms with Gasteiger partial charge in [-0.05, 0) is 50.3 Å². The zero-order valence-corrected chi connectivity index (χ0v) is 26.8. The Kier molecular flexibility index (Phi) is 14.1. The Hall–Kier alpha value is -4.12. The second-order valence-corrected chi connectivity index (χ2v) is 11.2. The molecule has 2 heterocycles. The molecule has 1 aromatic heterocycles. The highest BCUT2D eigenvalue weighted by Gasteiger charge is 2.43. The van der Waals surface area contributed by atoms with Crippen molar-refractivity contribution < 1.29 is 23.2 Å². The number of benzene rings is 2. The second-order valence-electron chi connectivity index (χ2n) is 10.2. The van der Waals surface area contributed by atoms with Gasteiger partial charge in [-0.25, -0.2) is 0 Å². The standard InChI is InChI=1S/C14H10F2.C10H18N2O2.C7H9N3OS.C2H6/c1-9-6-7-13-11(8-9)10-4-2-3-5-12(10)14(13,15)16;1-3-9-5-4-8(2)12(9)10(14)6-11-7-13;8-7(9)5-1-6(12-3-5)2-10-4-11;1-2/h2-8H,1H3;7-9H,3-6H2,1-2H3,(H,11,13);1,3-4H,2H2,(H3,8,9)(H,10,11);1-2H3. The van der Waals surface area contributed by atoms with Crippen LogP contribution in [0.5, 0.6) is 0 Å². The fourth-order valence-corrected chi connectivity index (χ4v) is 6.03. The lowest BCUT2D eigenvalue weighted by Crippen LogP contribution is -2.44. The molecule has 1 aliphatic heterocycles. The molecule has 1 aliphatic carbocycles. The molecule has 5 N–H and O–H groups in total. The number of nitrogen functional groups attached to an aromatic ring is 1. The molecule has 5 rings (SSSR count). The topological polar surface area (TPSA) is 128 Å². The Balaban J connectivity index is 0.000000226. The first-order valence-electron chi connectivity index (χ1n) is 14.7. The zero-order valence-electron chi connectivity index (χ0n) is 26.0. The van der Waals surface area contributed by atoms with Crippen LogP contribution in [-0.2, 0) is 26.9 Å². The van der Waals surface area contributed by atoms with Gasteiger partial charge in [-0.15, -0.1) is 11.3 Å². The third-order valence-electron chi connectivity index (χ3n) is 7.28. The van der Waals surface area contributed by atoms with E-state index in [4.69, 9.17) is 11.1 Å². The average Bonchev–Trinajstić information content (AvgIpc) is 3.72. The van der Waals surface area contributed by atoms with Crippen molar-refractivity contribution in [1.29, 1.82) is 5.41 Å². The van der Waals surface area contributed by atoms with Gasteiger partial charge in [0.15, 0.2) is 0 Å². The summed E-state index contributed by atoms with van der Waals surface area (Å²) in [6.45, 7) is 10.7. The summed E-state index contributed by atoms with van der Waals surface area (Å²) < 4.78 is 28.1. The molecule has 0 saturated carbocycles. The number of fused-ring (bicyclic) bond motifs is 3. The van der Waals surface area contributed by atoms with Crippen LogP contribution in [0, 0.1) is 12.3 Å². The number of amides is 3. The summed E-state index contributed by atoms with van der Waals surface area (Å²) in [4.78, 5) is 34.6. The number of hydrogen-bond donors (Lipinski definition) is 4. The Morgan fingerprint density at radius 1 is 1.07 bits per heavy atom. The lowest BCUT2D eigenvalue weighted by atomic mass is 10.0. The SMILES string of the molecule is CC.CCC1CCC(C)N1C(=O)CNC=O.Cc1ccc2c(c1)-c1ccccc1C2(F)F.N=C(N)c1csc(CNC=O)c1. The lowest BCUT2D eigenvalue weighted by Gasteiger charge is -2.27. The molecule has 1 fully saturated rings. The first-order valence-corrected chi connectivity index (χ1v) is 15.6. The molecule has 3 aromatic rings. The summed E-state index contributed by atoms with van der Waals surface area (Å²) in [5, 5.41) is 13.9. The van der Waals surface area contributed by atoms with Crippen molar-refractivity contribution in [3.05, 3.63) is 81.0 Å². The van der Waals surface area contributed by atoms with E-state index in [1.807, 2.05) is 31.7 Å². The number of aryl methyl sites for hydroxylation is 1. The number of nitrogens with zero attached hydrogens (tertiary/aromatic N) is 1. The highest BCUT2D eigenvalue weighted by Crippen LogP contribution is 2.50. The van der Waals surface area contributed by atoms with Gasteiger partial charge in [0.05, 0.1) is 13.1 Å². The number of amidine groups is 1. The van der Waals surface area contributed by atoms with E-state index in [2.05, 4.69) is 24.5 Å². The number of hydrogen-bond acceptors (Lipinski definition) is 5. The van der Waals surface area contributed by atoms with Crippen molar-refractivity contribution in [3.8, 4) is 11.1 Å². The van der Waals surface area contributed by atoms with Crippen LogP contribution in [0.2, 0.25) is 0 Å². The van der Waals surface area contributed by atoms with Crippen molar-refractivity contribution >= 4 is 35.9 Å². The monoisotopic (exact) mass is 627 g/mol. The first-order chi connectivity index (χ1) is 21.0. The highest BCUT2D eigenvalue weighted by molar-refractivity contribution is 7.10. The van der Waals surface area contributed by atoms with Gasteiger partial charge in [0.25, 0.3) is 5.92 Å². The Bertz CT molecular complexity index is 1410. The van der Waals surface area contributed by atoms with E-state index in [1.54, 1.807) is 35.7 Å². The van der Waals surface area contributed by atoms with Crippen LogP contribution in [0.4, 0.5) is 8.78 Å². The number of halogens is 2. The van der Waals surface area contributed by atoms with E-state index >= 15 is 0 Å². The molecule has 238 valence electrons. The molecule has 11 heteroatoms. The second kappa shape index (κ2) is 17.2. The predicted molar refractivity (Wildman–Crippen MR) is 173 cm³/mol. The smallest absolute Gasteiger partial charge is 0.299 e. The average molecular weight is 628 g/mol. The molecule has 3 amide bonds. The lowest BCUT2D eigenvalue weighted by molar-refractivity contribution is -0.133. The van der Waals surface area contributed by atoms with Crippen LogP contribution in [0.3, 0.4) is 0 Å². The molecule has 2 unspecified atom stereocenters. The molecule has 0 radical (unpaired) electrons. The molecule has 8 nitrogen and oxygen atoms in total. The first kappa shape index (κ1) is 36.1. The van der Waals surface area contributed by atoms with Crippen molar-refractivity contribution in [2.24, 2.45) is 5.73 Å². The Morgan fingerprint density at radius 3 is 2.34 bits per heavy atom. The van der Waals surface area contributed by atoms with Crippen LogP contribution in [-0.4, -0.2) is 48.1 Å². The molecule has 1 saturated heterocycles. The van der Waals surface area contributed by atoms with Gasteiger partial charge in [0.2, 0.25) is 18.7 Å². The van der Waals surface area contributed by atoms with Gasteiger partial charge < -0.3 is 21.3 Å². The van der Waals surface area contributed by atoms with Crippen molar-refractivity contribution in [3.63, 3.8) is 0 Å². The molecular weight excluding hydrogens is 584 g/mol.